The number of halogens is 3. The molecular formula is C11H8F3NO2. The van der Waals surface area contributed by atoms with Crippen LogP contribution in [-0.2, 0) is 15.1 Å². The fourth-order valence-corrected chi connectivity index (χ4v) is 1.32. The van der Waals surface area contributed by atoms with Gasteiger partial charge in [-0.15, -0.1) is 0 Å². The molecule has 3 nitrogen and oxygen atoms in total. The Kier molecular flexibility index (Phi) is 3.42. The zero-order valence-electron chi connectivity index (χ0n) is 8.78. The molecule has 1 aromatic rings. The fourth-order valence-electron chi connectivity index (χ4n) is 1.32. The van der Waals surface area contributed by atoms with E-state index in [1.807, 2.05) is 0 Å². The van der Waals surface area contributed by atoms with Gasteiger partial charge in [-0.3, -0.25) is 4.79 Å². The molecule has 0 saturated heterocycles. The molecule has 0 bridgehead atoms. The average molecular weight is 243 g/mol. The van der Waals surface area contributed by atoms with Crippen molar-refractivity contribution in [1.29, 1.82) is 5.26 Å². The molecule has 0 aliphatic carbocycles. The van der Waals surface area contributed by atoms with E-state index in [2.05, 4.69) is 4.74 Å². The van der Waals surface area contributed by atoms with Crippen LogP contribution in [0.1, 0.15) is 12.5 Å². The number of esters is 1. The first kappa shape index (κ1) is 13.0. The van der Waals surface area contributed by atoms with Gasteiger partial charge in [-0.1, -0.05) is 30.3 Å². The summed E-state index contributed by atoms with van der Waals surface area (Å²) in [5.41, 5.74) is -3.68. The lowest BCUT2D eigenvalue weighted by Gasteiger charge is -2.28. The SMILES string of the molecule is CC(=O)O[C@](C#N)(c1ccccc1)C(F)(F)F. The maximum absolute atomic E-state index is 12.9. The Morgan fingerprint density at radius 2 is 1.82 bits per heavy atom. The molecule has 0 heterocycles. The number of benzene rings is 1. The molecule has 0 aliphatic heterocycles. The summed E-state index contributed by atoms with van der Waals surface area (Å²) in [6.07, 6.45) is -5.01. The minimum absolute atomic E-state index is 0.426. The number of rotatable bonds is 2. The topological polar surface area (TPSA) is 50.1 Å². The average Bonchev–Trinajstić information content (AvgIpc) is 2.25. The Morgan fingerprint density at radius 3 is 2.18 bits per heavy atom. The Bertz CT molecular complexity index is 450. The monoisotopic (exact) mass is 243 g/mol. The van der Waals surface area contributed by atoms with Crippen LogP contribution in [0.2, 0.25) is 0 Å². The number of hydrogen-bond acceptors (Lipinski definition) is 3. The van der Waals surface area contributed by atoms with Gasteiger partial charge in [-0.25, -0.2) is 0 Å². The molecule has 0 radical (unpaired) electrons. The molecule has 6 heteroatoms. The van der Waals surface area contributed by atoms with E-state index in [0.717, 1.165) is 25.1 Å². The quantitative estimate of drug-likeness (QED) is 0.750. The second kappa shape index (κ2) is 4.45. The van der Waals surface area contributed by atoms with Crippen molar-refractivity contribution in [2.45, 2.75) is 18.7 Å². The lowest BCUT2D eigenvalue weighted by Crippen LogP contribution is -2.44. The Morgan fingerprint density at radius 1 is 1.29 bits per heavy atom. The van der Waals surface area contributed by atoms with E-state index < -0.39 is 23.3 Å². The Hall–Kier alpha value is -2.03. The van der Waals surface area contributed by atoms with Gasteiger partial charge in [-0.2, -0.15) is 18.4 Å². The maximum atomic E-state index is 12.9. The second-order valence-corrected chi connectivity index (χ2v) is 3.25. The zero-order valence-corrected chi connectivity index (χ0v) is 8.78. The highest BCUT2D eigenvalue weighted by atomic mass is 19.4. The van der Waals surface area contributed by atoms with Crippen LogP contribution in [0, 0.1) is 11.3 Å². The predicted octanol–water partition coefficient (Wildman–Crippen LogP) is 2.53. The molecule has 0 amide bonds. The molecule has 1 rings (SSSR count). The van der Waals surface area contributed by atoms with Gasteiger partial charge in [0.25, 0.3) is 0 Å². The van der Waals surface area contributed by atoms with Gasteiger partial charge >= 0.3 is 17.7 Å². The number of carbonyl (C=O) groups excluding carboxylic acids is 1. The van der Waals surface area contributed by atoms with E-state index in [1.165, 1.54) is 18.2 Å². The van der Waals surface area contributed by atoms with E-state index in [0.29, 0.717) is 0 Å². The number of nitriles is 1. The Labute approximate surface area is 95.4 Å². The maximum Gasteiger partial charge on any atom is 0.447 e. The third kappa shape index (κ3) is 2.38. The molecule has 0 aromatic heterocycles. The van der Waals surface area contributed by atoms with Gasteiger partial charge < -0.3 is 4.74 Å². The third-order valence-electron chi connectivity index (χ3n) is 2.03. The lowest BCUT2D eigenvalue weighted by atomic mass is 9.94. The first-order valence-electron chi connectivity index (χ1n) is 4.56. The first-order valence-corrected chi connectivity index (χ1v) is 4.56. The molecule has 1 aromatic carbocycles. The van der Waals surface area contributed by atoms with E-state index >= 15 is 0 Å². The minimum atomic E-state index is -5.01. The van der Waals surface area contributed by atoms with Crippen LogP contribution in [0.25, 0.3) is 0 Å². The van der Waals surface area contributed by atoms with Crippen molar-refractivity contribution in [3.63, 3.8) is 0 Å². The summed E-state index contributed by atoms with van der Waals surface area (Å²) in [6.45, 7) is 0.820. The minimum Gasteiger partial charge on any atom is -0.429 e. The molecule has 17 heavy (non-hydrogen) atoms. The van der Waals surface area contributed by atoms with Crippen LogP contribution >= 0.6 is 0 Å². The molecule has 0 N–H and O–H groups in total. The molecule has 0 spiro atoms. The predicted molar refractivity (Wildman–Crippen MR) is 51.6 cm³/mol. The molecule has 0 fully saturated rings. The number of hydrogen-bond donors (Lipinski definition) is 0. The largest absolute Gasteiger partial charge is 0.447 e. The highest BCUT2D eigenvalue weighted by Gasteiger charge is 2.60. The molecule has 90 valence electrons. The van der Waals surface area contributed by atoms with Crippen molar-refractivity contribution >= 4 is 5.97 Å². The summed E-state index contributed by atoms with van der Waals surface area (Å²) in [5.74, 6) is -1.17. The standard InChI is InChI=1S/C11H8F3NO2/c1-8(16)17-10(7-15,11(12,13)14)9-5-3-2-4-6-9/h2-6H,1H3/t10-/m1/s1. The van der Waals surface area contributed by atoms with Crippen LogP contribution in [0.4, 0.5) is 13.2 Å². The molecule has 0 unspecified atom stereocenters. The highest BCUT2D eigenvalue weighted by molar-refractivity contribution is 5.67. The summed E-state index contributed by atoms with van der Waals surface area (Å²) < 4.78 is 43.0. The second-order valence-electron chi connectivity index (χ2n) is 3.25. The summed E-state index contributed by atoms with van der Waals surface area (Å²) >= 11 is 0. The summed E-state index contributed by atoms with van der Waals surface area (Å²) in [5, 5.41) is 8.77. The molecule has 0 saturated carbocycles. The van der Waals surface area contributed by atoms with Gasteiger partial charge in [0.2, 0.25) is 0 Å². The highest BCUT2D eigenvalue weighted by Crippen LogP contribution is 2.41. The molecular weight excluding hydrogens is 235 g/mol. The number of nitrogens with zero attached hydrogens (tertiary/aromatic N) is 1. The van der Waals surface area contributed by atoms with Crippen LogP contribution in [0.15, 0.2) is 30.3 Å². The fraction of sp³-hybridized carbons (Fsp3) is 0.273. The number of alkyl halides is 3. The number of carbonyl (C=O) groups is 1. The van der Waals surface area contributed by atoms with Gasteiger partial charge in [0, 0.05) is 12.5 Å². The van der Waals surface area contributed by atoms with Crippen molar-refractivity contribution < 1.29 is 22.7 Å². The summed E-state index contributed by atoms with van der Waals surface area (Å²) in [4.78, 5) is 10.8. The normalized spacial score (nSPS) is 14.5. The van der Waals surface area contributed by atoms with E-state index in [9.17, 15) is 18.0 Å². The lowest BCUT2D eigenvalue weighted by molar-refractivity contribution is -0.253. The zero-order chi connectivity index (χ0) is 13.1. The van der Waals surface area contributed by atoms with Crippen LogP contribution < -0.4 is 0 Å². The van der Waals surface area contributed by atoms with Crippen LogP contribution in [-0.4, -0.2) is 12.1 Å². The van der Waals surface area contributed by atoms with Gasteiger partial charge in [0.1, 0.15) is 6.07 Å². The smallest absolute Gasteiger partial charge is 0.429 e. The van der Waals surface area contributed by atoms with Gasteiger partial charge in [0.05, 0.1) is 0 Å². The summed E-state index contributed by atoms with van der Waals surface area (Å²) in [7, 11) is 0. The third-order valence-corrected chi connectivity index (χ3v) is 2.03. The van der Waals surface area contributed by atoms with Gasteiger partial charge in [-0.05, 0) is 0 Å². The van der Waals surface area contributed by atoms with E-state index in [1.54, 1.807) is 0 Å². The van der Waals surface area contributed by atoms with Crippen molar-refractivity contribution in [1.82, 2.24) is 0 Å². The molecule has 1 atom stereocenters. The number of ether oxygens (including phenoxy) is 1. The van der Waals surface area contributed by atoms with Crippen molar-refractivity contribution in [3.05, 3.63) is 35.9 Å². The molecule has 0 aliphatic rings. The summed E-state index contributed by atoms with van der Waals surface area (Å²) in [6, 6.07) is 7.36. The Balaban J connectivity index is 3.38. The van der Waals surface area contributed by atoms with Crippen LogP contribution in [0.3, 0.4) is 0 Å². The van der Waals surface area contributed by atoms with E-state index in [-0.39, 0.29) is 0 Å². The van der Waals surface area contributed by atoms with Crippen molar-refractivity contribution in [2.24, 2.45) is 0 Å². The van der Waals surface area contributed by atoms with Crippen molar-refractivity contribution in [3.8, 4) is 6.07 Å². The first-order chi connectivity index (χ1) is 7.83. The van der Waals surface area contributed by atoms with Crippen LogP contribution in [0.5, 0.6) is 0 Å². The van der Waals surface area contributed by atoms with Gasteiger partial charge in [0.15, 0.2) is 0 Å². The van der Waals surface area contributed by atoms with E-state index in [4.69, 9.17) is 5.26 Å². The van der Waals surface area contributed by atoms with Crippen molar-refractivity contribution in [2.75, 3.05) is 0 Å².